The second kappa shape index (κ2) is 6.92. The molecule has 3 heteroatoms. The number of hydrogen-bond donors (Lipinski definition) is 0. The van der Waals surface area contributed by atoms with Gasteiger partial charge in [-0.05, 0) is 18.2 Å². The number of carbonyl (C=O) groups excluding carboxylic acids is 2. The number of hydrogen-bond acceptors (Lipinski definition) is 3. The van der Waals surface area contributed by atoms with Gasteiger partial charge in [0.05, 0.1) is 7.11 Å². The SMILES string of the molecule is COc1ccc(C(=O)c2ccccc2)c(C(=O)c2ccccc2)c1. The Morgan fingerprint density at radius 1 is 0.667 bits per heavy atom. The van der Waals surface area contributed by atoms with Gasteiger partial charge in [-0.3, -0.25) is 9.59 Å². The first-order chi connectivity index (χ1) is 11.7. The van der Waals surface area contributed by atoms with Crippen LogP contribution in [0.4, 0.5) is 0 Å². The monoisotopic (exact) mass is 316 g/mol. The second-order valence-electron chi connectivity index (χ2n) is 5.30. The number of rotatable bonds is 5. The van der Waals surface area contributed by atoms with Crippen LogP contribution in [0.5, 0.6) is 5.75 Å². The molecule has 0 N–H and O–H groups in total. The molecule has 0 radical (unpaired) electrons. The molecule has 0 aliphatic carbocycles. The lowest BCUT2D eigenvalue weighted by atomic mass is 9.93. The van der Waals surface area contributed by atoms with E-state index in [2.05, 4.69) is 0 Å². The van der Waals surface area contributed by atoms with Crippen molar-refractivity contribution in [3.05, 3.63) is 101 Å². The van der Waals surface area contributed by atoms with Gasteiger partial charge in [0.25, 0.3) is 0 Å². The lowest BCUT2D eigenvalue weighted by Gasteiger charge is -2.10. The van der Waals surface area contributed by atoms with Gasteiger partial charge in [0, 0.05) is 22.3 Å². The zero-order chi connectivity index (χ0) is 16.9. The summed E-state index contributed by atoms with van der Waals surface area (Å²) < 4.78 is 5.22. The van der Waals surface area contributed by atoms with Crippen LogP contribution in [0, 0.1) is 0 Å². The van der Waals surface area contributed by atoms with Crippen LogP contribution in [0.15, 0.2) is 78.9 Å². The molecule has 0 aliphatic rings. The van der Waals surface area contributed by atoms with Gasteiger partial charge < -0.3 is 4.74 Å². The van der Waals surface area contributed by atoms with E-state index in [1.54, 1.807) is 66.7 Å². The lowest BCUT2D eigenvalue weighted by molar-refractivity contribution is 0.100. The maximum atomic E-state index is 12.9. The largest absolute Gasteiger partial charge is 0.497 e. The van der Waals surface area contributed by atoms with Crippen molar-refractivity contribution in [2.45, 2.75) is 0 Å². The highest BCUT2D eigenvalue weighted by molar-refractivity contribution is 6.19. The fourth-order valence-electron chi connectivity index (χ4n) is 2.53. The Kier molecular flexibility index (Phi) is 4.52. The van der Waals surface area contributed by atoms with Crippen LogP contribution in [0.1, 0.15) is 31.8 Å². The number of ketones is 2. The van der Waals surface area contributed by atoms with Gasteiger partial charge in [0.15, 0.2) is 11.6 Å². The summed E-state index contributed by atoms with van der Waals surface area (Å²) >= 11 is 0. The topological polar surface area (TPSA) is 43.4 Å². The molecule has 0 saturated heterocycles. The number of carbonyl (C=O) groups is 2. The third-order valence-corrected chi connectivity index (χ3v) is 3.79. The van der Waals surface area contributed by atoms with Gasteiger partial charge in [-0.2, -0.15) is 0 Å². The zero-order valence-electron chi connectivity index (χ0n) is 13.2. The predicted molar refractivity (Wildman–Crippen MR) is 92.7 cm³/mol. The zero-order valence-corrected chi connectivity index (χ0v) is 13.2. The van der Waals surface area contributed by atoms with Gasteiger partial charge in [0.2, 0.25) is 0 Å². The average molecular weight is 316 g/mol. The van der Waals surface area contributed by atoms with Crippen molar-refractivity contribution < 1.29 is 14.3 Å². The van der Waals surface area contributed by atoms with E-state index in [0.29, 0.717) is 28.0 Å². The predicted octanol–water partition coefficient (Wildman–Crippen LogP) is 4.16. The van der Waals surface area contributed by atoms with Crippen LogP contribution in [0.3, 0.4) is 0 Å². The minimum absolute atomic E-state index is 0.183. The van der Waals surface area contributed by atoms with Crippen molar-refractivity contribution in [2.75, 3.05) is 7.11 Å². The van der Waals surface area contributed by atoms with Crippen LogP contribution in [0.25, 0.3) is 0 Å². The molecule has 3 rings (SSSR count). The summed E-state index contributed by atoms with van der Waals surface area (Å²) in [6.45, 7) is 0. The summed E-state index contributed by atoms with van der Waals surface area (Å²) in [5.74, 6) is 0.158. The molecule has 0 spiro atoms. The van der Waals surface area contributed by atoms with Gasteiger partial charge in [0.1, 0.15) is 5.75 Å². The van der Waals surface area contributed by atoms with Crippen molar-refractivity contribution in [3.63, 3.8) is 0 Å². The third kappa shape index (κ3) is 3.10. The first-order valence-electron chi connectivity index (χ1n) is 7.58. The first kappa shape index (κ1) is 15.7. The Hall–Kier alpha value is -3.20. The number of ether oxygens (including phenoxy) is 1. The Morgan fingerprint density at radius 3 is 1.67 bits per heavy atom. The Morgan fingerprint density at radius 2 is 1.17 bits per heavy atom. The molecule has 0 aromatic heterocycles. The third-order valence-electron chi connectivity index (χ3n) is 3.79. The summed E-state index contributed by atoms with van der Waals surface area (Å²) in [5.41, 5.74) is 1.79. The summed E-state index contributed by atoms with van der Waals surface area (Å²) in [4.78, 5) is 25.7. The van der Waals surface area contributed by atoms with E-state index < -0.39 is 0 Å². The van der Waals surface area contributed by atoms with Crippen molar-refractivity contribution in [1.29, 1.82) is 0 Å². The number of benzene rings is 3. The normalized spacial score (nSPS) is 10.2. The van der Waals surface area contributed by atoms with E-state index in [4.69, 9.17) is 4.74 Å². The van der Waals surface area contributed by atoms with Gasteiger partial charge >= 0.3 is 0 Å². The van der Waals surface area contributed by atoms with Crippen molar-refractivity contribution in [2.24, 2.45) is 0 Å². The molecule has 24 heavy (non-hydrogen) atoms. The molecule has 3 aromatic carbocycles. The van der Waals surface area contributed by atoms with E-state index in [-0.39, 0.29) is 11.6 Å². The summed E-state index contributed by atoms with van der Waals surface area (Å²) in [6, 6.07) is 22.8. The quantitative estimate of drug-likeness (QED) is 0.664. The molecule has 0 atom stereocenters. The molecule has 0 saturated carbocycles. The average Bonchev–Trinajstić information content (AvgIpc) is 2.67. The van der Waals surface area contributed by atoms with Crippen LogP contribution >= 0.6 is 0 Å². The van der Waals surface area contributed by atoms with E-state index in [0.717, 1.165) is 0 Å². The highest BCUT2D eigenvalue weighted by Crippen LogP contribution is 2.23. The molecule has 118 valence electrons. The molecule has 0 amide bonds. The standard InChI is InChI=1S/C21H16O3/c1-24-17-12-13-18(20(22)15-8-4-2-5-9-15)19(14-17)21(23)16-10-6-3-7-11-16/h2-14H,1H3. The smallest absolute Gasteiger partial charge is 0.193 e. The van der Waals surface area contributed by atoms with Crippen LogP contribution in [-0.4, -0.2) is 18.7 Å². The minimum atomic E-state index is -0.200. The van der Waals surface area contributed by atoms with E-state index in [1.807, 2.05) is 12.1 Å². The minimum Gasteiger partial charge on any atom is -0.497 e. The van der Waals surface area contributed by atoms with Crippen LogP contribution in [-0.2, 0) is 0 Å². The van der Waals surface area contributed by atoms with Crippen LogP contribution < -0.4 is 4.74 Å². The second-order valence-corrected chi connectivity index (χ2v) is 5.30. The first-order valence-corrected chi connectivity index (χ1v) is 7.58. The summed E-state index contributed by atoms with van der Waals surface area (Å²) in [6.07, 6.45) is 0. The van der Waals surface area contributed by atoms with Gasteiger partial charge in [-0.1, -0.05) is 60.7 Å². The molecule has 0 fully saturated rings. The summed E-state index contributed by atoms with van der Waals surface area (Å²) in [7, 11) is 1.53. The maximum absolute atomic E-state index is 12.9. The van der Waals surface area contributed by atoms with Crippen molar-refractivity contribution >= 4 is 11.6 Å². The Bertz CT molecular complexity index is 868. The van der Waals surface area contributed by atoms with Gasteiger partial charge in [-0.25, -0.2) is 0 Å². The molecular formula is C21H16O3. The fourth-order valence-corrected chi connectivity index (χ4v) is 2.53. The molecular weight excluding hydrogens is 300 g/mol. The lowest BCUT2D eigenvalue weighted by Crippen LogP contribution is -2.11. The van der Waals surface area contributed by atoms with E-state index >= 15 is 0 Å². The molecule has 0 bridgehead atoms. The molecule has 3 nitrogen and oxygen atoms in total. The van der Waals surface area contributed by atoms with E-state index in [1.165, 1.54) is 7.11 Å². The highest BCUT2D eigenvalue weighted by atomic mass is 16.5. The highest BCUT2D eigenvalue weighted by Gasteiger charge is 2.20. The summed E-state index contributed by atoms with van der Waals surface area (Å²) in [5, 5.41) is 0. The molecule has 3 aromatic rings. The number of methoxy groups -OCH3 is 1. The van der Waals surface area contributed by atoms with E-state index in [9.17, 15) is 9.59 Å². The van der Waals surface area contributed by atoms with Crippen molar-refractivity contribution in [1.82, 2.24) is 0 Å². The maximum Gasteiger partial charge on any atom is 0.193 e. The molecule has 0 heterocycles. The van der Waals surface area contributed by atoms with Gasteiger partial charge in [-0.15, -0.1) is 0 Å². The fraction of sp³-hybridized carbons (Fsp3) is 0.0476. The Balaban J connectivity index is 2.10. The molecule has 0 aliphatic heterocycles. The van der Waals surface area contributed by atoms with Crippen LogP contribution in [0.2, 0.25) is 0 Å². The Labute approximate surface area is 140 Å². The molecule has 0 unspecified atom stereocenters. The van der Waals surface area contributed by atoms with Crippen molar-refractivity contribution in [3.8, 4) is 5.75 Å².